The normalized spacial score (nSPS) is 17.6. The zero-order valence-corrected chi connectivity index (χ0v) is 11.1. The van der Waals surface area contributed by atoms with Crippen molar-refractivity contribution in [2.24, 2.45) is 0 Å². The molecule has 18 heavy (non-hydrogen) atoms. The molecule has 0 unspecified atom stereocenters. The molecule has 1 amide bonds. The van der Waals surface area contributed by atoms with Gasteiger partial charge in [0.15, 0.2) is 0 Å². The Hall–Kier alpha value is -1.10. The van der Waals surface area contributed by atoms with Gasteiger partial charge < -0.3 is 15.7 Å². The van der Waals surface area contributed by atoms with Crippen molar-refractivity contribution >= 4 is 11.9 Å². The van der Waals surface area contributed by atoms with Crippen molar-refractivity contribution < 1.29 is 14.7 Å². The molecule has 0 saturated heterocycles. The molecule has 1 aliphatic carbocycles. The Balaban J connectivity index is 2.24. The maximum atomic E-state index is 11.6. The molecule has 1 atom stereocenters. The average Bonchev–Trinajstić information content (AvgIpc) is 2.84. The monoisotopic (exact) mass is 256 g/mol. The lowest BCUT2D eigenvalue weighted by Gasteiger charge is -2.16. The van der Waals surface area contributed by atoms with Crippen LogP contribution in [-0.2, 0) is 9.59 Å². The SMILES string of the molecule is CCCC[C@H](NC(=O)CNC1CCCC1)C(=O)O. The van der Waals surface area contributed by atoms with Crippen LogP contribution in [0.4, 0.5) is 0 Å². The lowest BCUT2D eigenvalue weighted by molar-refractivity contribution is -0.141. The van der Waals surface area contributed by atoms with Gasteiger partial charge in [-0.2, -0.15) is 0 Å². The number of hydrogen-bond acceptors (Lipinski definition) is 3. The van der Waals surface area contributed by atoms with Crippen molar-refractivity contribution in [3.63, 3.8) is 0 Å². The Kier molecular flexibility index (Phi) is 6.72. The quantitative estimate of drug-likeness (QED) is 0.611. The number of rotatable bonds is 8. The van der Waals surface area contributed by atoms with E-state index in [1.165, 1.54) is 12.8 Å². The summed E-state index contributed by atoms with van der Waals surface area (Å²) in [7, 11) is 0. The van der Waals surface area contributed by atoms with Gasteiger partial charge in [-0.15, -0.1) is 0 Å². The van der Waals surface area contributed by atoms with E-state index in [9.17, 15) is 9.59 Å². The first-order valence-electron chi connectivity index (χ1n) is 6.89. The molecule has 1 fully saturated rings. The summed E-state index contributed by atoms with van der Waals surface area (Å²) in [6.07, 6.45) is 6.91. The molecule has 1 rings (SSSR count). The van der Waals surface area contributed by atoms with Crippen LogP contribution >= 0.6 is 0 Å². The van der Waals surface area contributed by atoms with E-state index in [0.717, 1.165) is 25.7 Å². The third-order valence-electron chi connectivity index (χ3n) is 3.39. The van der Waals surface area contributed by atoms with Crippen molar-refractivity contribution in [2.75, 3.05) is 6.54 Å². The summed E-state index contributed by atoms with van der Waals surface area (Å²) in [6.45, 7) is 2.23. The van der Waals surface area contributed by atoms with Gasteiger partial charge in [-0.1, -0.05) is 32.6 Å². The summed E-state index contributed by atoms with van der Waals surface area (Å²) < 4.78 is 0. The molecule has 1 saturated carbocycles. The van der Waals surface area contributed by atoms with E-state index >= 15 is 0 Å². The standard InChI is InChI=1S/C13H24N2O3/c1-2-3-8-11(13(17)18)15-12(16)9-14-10-6-4-5-7-10/h10-11,14H,2-9H2,1H3,(H,15,16)(H,17,18)/t11-/m0/s1. The molecule has 0 aromatic heterocycles. The number of carbonyl (C=O) groups excluding carboxylic acids is 1. The zero-order chi connectivity index (χ0) is 13.4. The highest BCUT2D eigenvalue weighted by molar-refractivity contribution is 5.84. The minimum atomic E-state index is -0.947. The van der Waals surface area contributed by atoms with E-state index in [4.69, 9.17) is 5.11 Å². The molecule has 0 bridgehead atoms. The summed E-state index contributed by atoms with van der Waals surface area (Å²) in [6, 6.07) is -0.322. The summed E-state index contributed by atoms with van der Waals surface area (Å²) in [5, 5.41) is 14.7. The Morgan fingerprint density at radius 3 is 2.56 bits per heavy atom. The minimum absolute atomic E-state index is 0.217. The number of amides is 1. The van der Waals surface area contributed by atoms with Crippen LogP contribution in [0.5, 0.6) is 0 Å². The van der Waals surface area contributed by atoms with Crippen molar-refractivity contribution in [1.82, 2.24) is 10.6 Å². The van der Waals surface area contributed by atoms with Crippen LogP contribution in [0.15, 0.2) is 0 Å². The van der Waals surface area contributed by atoms with Gasteiger partial charge in [-0.3, -0.25) is 4.79 Å². The van der Waals surface area contributed by atoms with E-state index in [-0.39, 0.29) is 12.5 Å². The number of hydrogen-bond donors (Lipinski definition) is 3. The molecule has 5 heteroatoms. The Bertz CT molecular complexity index is 275. The number of carboxylic acid groups (broad SMARTS) is 1. The highest BCUT2D eigenvalue weighted by Crippen LogP contribution is 2.17. The summed E-state index contributed by atoms with van der Waals surface area (Å²) in [4.78, 5) is 22.6. The number of carbonyl (C=O) groups is 2. The van der Waals surface area contributed by atoms with E-state index in [2.05, 4.69) is 10.6 Å². The summed E-state index contributed by atoms with van der Waals surface area (Å²) in [5.41, 5.74) is 0. The van der Waals surface area contributed by atoms with Crippen molar-refractivity contribution in [3.8, 4) is 0 Å². The average molecular weight is 256 g/mol. The van der Waals surface area contributed by atoms with Gasteiger partial charge in [0.1, 0.15) is 6.04 Å². The third-order valence-corrected chi connectivity index (χ3v) is 3.39. The molecule has 0 spiro atoms. The summed E-state index contributed by atoms with van der Waals surface area (Å²) in [5.74, 6) is -1.16. The fourth-order valence-corrected chi connectivity index (χ4v) is 2.28. The molecule has 3 N–H and O–H groups in total. The van der Waals surface area contributed by atoms with Crippen molar-refractivity contribution in [2.45, 2.75) is 64.0 Å². The highest BCUT2D eigenvalue weighted by atomic mass is 16.4. The van der Waals surface area contributed by atoms with Gasteiger partial charge in [0.25, 0.3) is 0 Å². The Morgan fingerprint density at radius 1 is 1.33 bits per heavy atom. The van der Waals surface area contributed by atoms with Crippen LogP contribution in [0.3, 0.4) is 0 Å². The molecular weight excluding hydrogens is 232 g/mol. The van der Waals surface area contributed by atoms with Crippen LogP contribution in [0.2, 0.25) is 0 Å². The highest BCUT2D eigenvalue weighted by Gasteiger charge is 2.20. The molecule has 104 valence electrons. The molecule has 0 aromatic rings. The lowest BCUT2D eigenvalue weighted by atomic mass is 10.1. The largest absolute Gasteiger partial charge is 0.480 e. The molecule has 1 aliphatic rings. The Morgan fingerprint density at radius 2 is 2.00 bits per heavy atom. The summed E-state index contributed by atoms with van der Waals surface area (Å²) >= 11 is 0. The Labute approximate surface area is 108 Å². The van der Waals surface area contributed by atoms with E-state index in [1.807, 2.05) is 6.92 Å². The molecule has 0 aromatic carbocycles. The molecule has 0 heterocycles. The van der Waals surface area contributed by atoms with Gasteiger partial charge in [0.05, 0.1) is 6.54 Å². The van der Waals surface area contributed by atoms with Gasteiger partial charge in [-0.05, 0) is 19.3 Å². The first kappa shape index (κ1) is 15.0. The maximum Gasteiger partial charge on any atom is 0.326 e. The van der Waals surface area contributed by atoms with E-state index in [1.54, 1.807) is 0 Å². The second-order valence-electron chi connectivity index (χ2n) is 4.96. The molecule has 0 aliphatic heterocycles. The van der Waals surface area contributed by atoms with E-state index < -0.39 is 12.0 Å². The van der Waals surface area contributed by atoms with Crippen LogP contribution in [-0.4, -0.2) is 35.6 Å². The first-order valence-corrected chi connectivity index (χ1v) is 6.89. The van der Waals surface area contributed by atoms with Gasteiger partial charge >= 0.3 is 5.97 Å². The topological polar surface area (TPSA) is 78.4 Å². The molecular formula is C13H24N2O3. The zero-order valence-electron chi connectivity index (χ0n) is 11.1. The van der Waals surface area contributed by atoms with E-state index in [0.29, 0.717) is 12.5 Å². The second-order valence-corrected chi connectivity index (χ2v) is 4.96. The van der Waals surface area contributed by atoms with Crippen LogP contribution in [0, 0.1) is 0 Å². The van der Waals surface area contributed by atoms with Gasteiger partial charge in [0.2, 0.25) is 5.91 Å². The fourth-order valence-electron chi connectivity index (χ4n) is 2.28. The number of unbranched alkanes of at least 4 members (excludes halogenated alkanes) is 1. The smallest absolute Gasteiger partial charge is 0.326 e. The number of aliphatic carboxylic acids is 1. The fraction of sp³-hybridized carbons (Fsp3) is 0.846. The number of nitrogens with one attached hydrogen (secondary N) is 2. The molecule has 5 nitrogen and oxygen atoms in total. The second kappa shape index (κ2) is 8.08. The van der Waals surface area contributed by atoms with Crippen LogP contribution in [0.25, 0.3) is 0 Å². The van der Waals surface area contributed by atoms with Crippen LogP contribution in [0.1, 0.15) is 51.9 Å². The first-order chi connectivity index (χ1) is 8.63. The van der Waals surface area contributed by atoms with Crippen molar-refractivity contribution in [3.05, 3.63) is 0 Å². The predicted molar refractivity (Wildman–Crippen MR) is 69.4 cm³/mol. The van der Waals surface area contributed by atoms with Gasteiger partial charge in [0, 0.05) is 6.04 Å². The minimum Gasteiger partial charge on any atom is -0.480 e. The number of carboxylic acids is 1. The third kappa shape index (κ3) is 5.49. The van der Waals surface area contributed by atoms with Gasteiger partial charge in [-0.25, -0.2) is 4.79 Å². The predicted octanol–water partition coefficient (Wildman–Crippen LogP) is 1.28. The van der Waals surface area contributed by atoms with Crippen molar-refractivity contribution in [1.29, 1.82) is 0 Å². The molecule has 0 radical (unpaired) electrons. The maximum absolute atomic E-state index is 11.6. The lowest BCUT2D eigenvalue weighted by Crippen LogP contribution is -2.45. The van der Waals surface area contributed by atoms with Crippen LogP contribution < -0.4 is 10.6 Å².